The maximum absolute atomic E-state index is 3.69. The van der Waals surface area contributed by atoms with Gasteiger partial charge in [-0.25, -0.2) is 0 Å². The van der Waals surface area contributed by atoms with E-state index in [1.54, 1.807) is 0 Å². The van der Waals surface area contributed by atoms with Gasteiger partial charge in [-0.05, 0) is 17.4 Å². The van der Waals surface area contributed by atoms with Crippen LogP contribution in [0.15, 0.2) is 41.8 Å². The van der Waals surface area contributed by atoms with Crippen molar-refractivity contribution in [3.05, 3.63) is 47.4 Å². The minimum Gasteiger partial charge on any atom is -0.312 e. The smallest absolute Gasteiger partial charge is 0.0467 e. The molecule has 1 heterocycles. The first-order valence-electron chi connectivity index (χ1n) is 6.09. The minimum atomic E-state index is 0.536. The van der Waals surface area contributed by atoms with Gasteiger partial charge in [0.2, 0.25) is 0 Å². The van der Waals surface area contributed by atoms with Gasteiger partial charge in [0.15, 0.2) is 0 Å². The molecule has 1 aromatic carbocycles. The normalized spacial score (nSPS) is 35.1. The zero-order chi connectivity index (χ0) is 11.7. The van der Waals surface area contributed by atoms with Crippen molar-refractivity contribution >= 4 is 27.7 Å². The zero-order valence-corrected chi connectivity index (χ0v) is 12.0. The average Bonchev–Trinajstić information content (AvgIpc) is 3.04. The van der Waals surface area contributed by atoms with Crippen molar-refractivity contribution in [3.63, 3.8) is 0 Å². The van der Waals surface area contributed by atoms with E-state index in [0.717, 1.165) is 12.5 Å². The van der Waals surface area contributed by atoms with Crippen LogP contribution in [0, 0.1) is 0 Å². The molecule has 0 spiro atoms. The second kappa shape index (κ2) is 5.17. The molecule has 4 atom stereocenters. The molecule has 1 nitrogen and oxygen atoms in total. The summed E-state index contributed by atoms with van der Waals surface area (Å²) in [6, 6.07) is 11.5. The Kier molecular flexibility index (Phi) is 3.59. The molecule has 1 fully saturated rings. The summed E-state index contributed by atoms with van der Waals surface area (Å²) in [4.78, 5) is 0.536. The van der Waals surface area contributed by atoms with Gasteiger partial charge in [0.05, 0.1) is 0 Å². The van der Waals surface area contributed by atoms with Gasteiger partial charge in [0.25, 0.3) is 0 Å². The number of nitrogens with one attached hydrogen (secondary N) is 1. The standard InChI is InChI=1S/C14H16BrNS/c15-12-6-7-17-14(12)9-16-13-8-11(13)10-4-2-1-3-5-10/h1-7,11-14,16H,8-9H2/t11?,12?,13-,14?/m0/s1. The van der Waals surface area contributed by atoms with Gasteiger partial charge in [-0.3, -0.25) is 0 Å². The molecular formula is C14H16BrNS. The van der Waals surface area contributed by atoms with E-state index >= 15 is 0 Å². The van der Waals surface area contributed by atoms with Crippen LogP contribution in [-0.4, -0.2) is 22.7 Å². The fraction of sp³-hybridized carbons (Fsp3) is 0.429. The number of halogens is 1. The fourth-order valence-corrected chi connectivity index (χ4v) is 4.15. The van der Waals surface area contributed by atoms with E-state index in [2.05, 4.69) is 63.1 Å². The molecule has 1 aliphatic heterocycles. The number of alkyl halides is 1. The Balaban J connectivity index is 1.47. The number of allylic oxidation sites excluding steroid dienone is 1. The molecule has 0 bridgehead atoms. The van der Waals surface area contributed by atoms with E-state index in [1.165, 1.54) is 12.0 Å². The zero-order valence-electron chi connectivity index (χ0n) is 9.55. The van der Waals surface area contributed by atoms with Gasteiger partial charge in [0.1, 0.15) is 0 Å². The van der Waals surface area contributed by atoms with Crippen molar-refractivity contribution in [2.75, 3.05) is 6.54 Å². The third kappa shape index (κ3) is 2.78. The number of benzene rings is 1. The lowest BCUT2D eigenvalue weighted by molar-refractivity contribution is 0.658. The van der Waals surface area contributed by atoms with Crippen LogP contribution < -0.4 is 5.32 Å². The molecule has 0 saturated heterocycles. The maximum Gasteiger partial charge on any atom is 0.0467 e. The third-order valence-corrected chi connectivity index (χ3v) is 5.89. The number of rotatable bonds is 4. The Morgan fingerprint density at radius 3 is 2.82 bits per heavy atom. The summed E-state index contributed by atoms with van der Waals surface area (Å²) in [7, 11) is 0. The van der Waals surface area contributed by atoms with Crippen molar-refractivity contribution in [1.29, 1.82) is 0 Å². The van der Waals surface area contributed by atoms with Gasteiger partial charge in [0, 0.05) is 28.6 Å². The second-order valence-corrected chi connectivity index (χ2v) is 6.92. The van der Waals surface area contributed by atoms with Crippen molar-refractivity contribution in [2.45, 2.75) is 28.5 Å². The lowest BCUT2D eigenvalue weighted by atomic mass is 10.1. The van der Waals surface area contributed by atoms with Crippen LogP contribution in [0.4, 0.5) is 0 Å². The van der Waals surface area contributed by atoms with Gasteiger partial charge in [-0.15, -0.1) is 11.8 Å². The van der Waals surface area contributed by atoms with Crippen LogP contribution in [0.25, 0.3) is 0 Å². The largest absolute Gasteiger partial charge is 0.312 e. The fourth-order valence-electron chi connectivity index (χ4n) is 2.34. The van der Waals surface area contributed by atoms with Gasteiger partial charge in [-0.2, -0.15) is 0 Å². The van der Waals surface area contributed by atoms with Crippen LogP contribution in [0.1, 0.15) is 17.9 Å². The number of thioether (sulfide) groups is 1. The summed E-state index contributed by atoms with van der Waals surface area (Å²) in [5.74, 6) is 0.740. The molecule has 2 aliphatic rings. The Hall–Kier alpha value is -0.250. The highest BCUT2D eigenvalue weighted by molar-refractivity contribution is 9.09. The summed E-state index contributed by atoms with van der Waals surface area (Å²) in [5.41, 5.74) is 1.48. The molecule has 90 valence electrons. The quantitative estimate of drug-likeness (QED) is 0.854. The SMILES string of the molecule is BrC1C=CSC1CN[C@H]1CC1c1ccccc1. The topological polar surface area (TPSA) is 12.0 Å². The molecule has 3 rings (SSSR count). The Morgan fingerprint density at radius 2 is 2.12 bits per heavy atom. The van der Waals surface area contributed by atoms with E-state index in [0.29, 0.717) is 16.1 Å². The first kappa shape index (κ1) is 11.8. The predicted molar refractivity (Wildman–Crippen MR) is 78.8 cm³/mol. The van der Waals surface area contributed by atoms with Crippen LogP contribution in [0.2, 0.25) is 0 Å². The van der Waals surface area contributed by atoms with Gasteiger partial charge < -0.3 is 5.32 Å². The second-order valence-electron chi connectivity index (χ2n) is 4.72. The van der Waals surface area contributed by atoms with Gasteiger partial charge in [-0.1, -0.05) is 52.3 Å². The van der Waals surface area contributed by atoms with Crippen LogP contribution in [0.3, 0.4) is 0 Å². The van der Waals surface area contributed by atoms with E-state index in [1.807, 2.05) is 11.8 Å². The highest BCUT2D eigenvalue weighted by Gasteiger charge is 2.38. The van der Waals surface area contributed by atoms with E-state index < -0.39 is 0 Å². The van der Waals surface area contributed by atoms with Crippen molar-refractivity contribution in [3.8, 4) is 0 Å². The lowest BCUT2D eigenvalue weighted by Crippen LogP contribution is -2.30. The highest BCUT2D eigenvalue weighted by Crippen LogP contribution is 2.41. The summed E-state index contributed by atoms with van der Waals surface area (Å²) >= 11 is 5.61. The van der Waals surface area contributed by atoms with Crippen molar-refractivity contribution in [2.24, 2.45) is 0 Å². The summed E-state index contributed by atoms with van der Waals surface area (Å²) < 4.78 is 0. The maximum atomic E-state index is 3.69. The molecule has 0 amide bonds. The van der Waals surface area contributed by atoms with Crippen molar-refractivity contribution < 1.29 is 0 Å². The average molecular weight is 310 g/mol. The molecule has 0 aromatic heterocycles. The molecule has 1 N–H and O–H groups in total. The summed E-state index contributed by atoms with van der Waals surface area (Å²) in [6.45, 7) is 1.10. The van der Waals surface area contributed by atoms with Crippen LogP contribution >= 0.6 is 27.7 Å². The molecule has 3 unspecified atom stereocenters. The monoisotopic (exact) mass is 309 g/mol. The highest BCUT2D eigenvalue weighted by atomic mass is 79.9. The van der Waals surface area contributed by atoms with Crippen LogP contribution in [0.5, 0.6) is 0 Å². The Morgan fingerprint density at radius 1 is 1.29 bits per heavy atom. The molecular weight excluding hydrogens is 294 g/mol. The summed E-state index contributed by atoms with van der Waals surface area (Å²) in [5, 5.41) is 6.55. The lowest BCUT2D eigenvalue weighted by Gasteiger charge is -2.14. The van der Waals surface area contributed by atoms with E-state index in [4.69, 9.17) is 0 Å². The number of hydrogen-bond donors (Lipinski definition) is 1. The molecule has 0 radical (unpaired) electrons. The number of hydrogen-bond acceptors (Lipinski definition) is 2. The van der Waals surface area contributed by atoms with Crippen molar-refractivity contribution in [1.82, 2.24) is 5.32 Å². The van der Waals surface area contributed by atoms with E-state index in [9.17, 15) is 0 Å². The molecule has 17 heavy (non-hydrogen) atoms. The predicted octanol–water partition coefficient (Wildman–Crippen LogP) is 3.52. The third-order valence-electron chi connectivity index (χ3n) is 3.47. The molecule has 3 heteroatoms. The Labute approximate surface area is 115 Å². The first-order chi connectivity index (χ1) is 8.34. The molecule has 1 saturated carbocycles. The van der Waals surface area contributed by atoms with Crippen LogP contribution in [-0.2, 0) is 0 Å². The minimum absolute atomic E-state index is 0.536. The van der Waals surface area contributed by atoms with E-state index in [-0.39, 0.29) is 0 Å². The van der Waals surface area contributed by atoms with Gasteiger partial charge >= 0.3 is 0 Å². The summed E-state index contributed by atoms with van der Waals surface area (Å²) in [6.07, 6.45) is 3.53. The first-order valence-corrected chi connectivity index (χ1v) is 7.95. The molecule has 1 aromatic rings. The molecule has 1 aliphatic carbocycles. The Bertz CT molecular complexity index is 406.